The van der Waals surface area contributed by atoms with E-state index in [0.29, 0.717) is 0 Å². The van der Waals surface area contributed by atoms with E-state index >= 15 is 0 Å². The van der Waals surface area contributed by atoms with E-state index in [0.717, 1.165) is 0 Å². The van der Waals surface area contributed by atoms with Gasteiger partial charge in [0.05, 0.1) is 18.4 Å². The van der Waals surface area contributed by atoms with Gasteiger partial charge in [-0.1, -0.05) is 0 Å². The largest absolute Gasteiger partial charge is 0.364 e. The van der Waals surface area contributed by atoms with Crippen LogP contribution < -0.4 is 5.69 Å². The second kappa shape index (κ2) is 2.60. The minimum Gasteiger partial charge on any atom is -0.244 e. The molecule has 4 nitrogen and oxygen atoms in total. The maximum atomic E-state index is 10.8. The molecule has 0 aliphatic rings. The maximum Gasteiger partial charge on any atom is 0.364 e. The summed E-state index contributed by atoms with van der Waals surface area (Å²) in [5.74, 6) is 0. The fourth-order valence-corrected chi connectivity index (χ4v) is 0.661. The number of rotatable bonds is 1. The standard InChI is InChI=1S/C6H9N3O/c1-5(2)9-6(10)7-3-4-8-9/h3-5H,1-2H3. The van der Waals surface area contributed by atoms with Crippen molar-refractivity contribution in [2.24, 2.45) is 0 Å². The first-order valence-corrected chi connectivity index (χ1v) is 3.11. The second-order valence-corrected chi connectivity index (χ2v) is 2.26. The van der Waals surface area contributed by atoms with Crippen LogP contribution in [-0.2, 0) is 0 Å². The first-order valence-electron chi connectivity index (χ1n) is 3.11. The smallest absolute Gasteiger partial charge is 0.244 e. The molecule has 1 rings (SSSR count). The van der Waals surface area contributed by atoms with Gasteiger partial charge in [-0.05, 0) is 13.8 Å². The number of hydrogen-bond acceptors (Lipinski definition) is 3. The Bertz CT molecular complexity index is 266. The maximum absolute atomic E-state index is 10.8. The van der Waals surface area contributed by atoms with Gasteiger partial charge in [0.25, 0.3) is 0 Å². The van der Waals surface area contributed by atoms with Crippen molar-refractivity contribution in [3.05, 3.63) is 22.9 Å². The van der Waals surface area contributed by atoms with Crippen LogP contribution in [0.25, 0.3) is 0 Å². The lowest BCUT2D eigenvalue weighted by molar-refractivity contribution is 0.488. The molecule has 10 heavy (non-hydrogen) atoms. The molecular formula is C6H9N3O. The summed E-state index contributed by atoms with van der Waals surface area (Å²) in [4.78, 5) is 14.4. The van der Waals surface area contributed by atoms with Crippen molar-refractivity contribution in [3.8, 4) is 0 Å². The normalized spacial score (nSPS) is 10.3. The molecule has 0 saturated carbocycles. The van der Waals surface area contributed by atoms with E-state index in [4.69, 9.17) is 0 Å². The average Bonchev–Trinajstić information content (AvgIpc) is 1.88. The average molecular weight is 139 g/mol. The van der Waals surface area contributed by atoms with Crippen LogP contribution in [0.2, 0.25) is 0 Å². The molecule has 0 N–H and O–H groups in total. The molecule has 0 aliphatic carbocycles. The molecule has 0 atom stereocenters. The fourth-order valence-electron chi connectivity index (χ4n) is 0.661. The van der Waals surface area contributed by atoms with Gasteiger partial charge in [0, 0.05) is 0 Å². The first kappa shape index (κ1) is 6.92. The summed E-state index contributed by atoms with van der Waals surface area (Å²) in [5, 5.41) is 3.82. The van der Waals surface area contributed by atoms with Crippen LogP contribution in [0.4, 0.5) is 0 Å². The highest BCUT2D eigenvalue weighted by Gasteiger charge is 1.98. The number of aromatic nitrogens is 3. The van der Waals surface area contributed by atoms with Gasteiger partial charge in [-0.15, -0.1) is 0 Å². The van der Waals surface area contributed by atoms with Gasteiger partial charge in [-0.25, -0.2) is 9.48 Å². The predicted molar refractivity (Wildman–Crippen MR) is 36.7 cm³/mol. The Kier molecular flexibility index (Phi) is 1.80. The second-order valence-electron chi connectivity index (χ2n) is 2.26. The predicted octanol–water partition coefficient (Wildman–Crippen LogP) is 0.219. The minimum absolute atomic E-state index is 0.0844. The lowest BCUT2D eigenvalue weighted by Gasteiger charge is -2.03. The topological polar surface area (TPSA) is 47.8 Å². The van der Waals surface area contributed by atoms with Crippen molar-refractivity contribution in [1.29, 1.82) is 0 Å². The van der Waals surface area contributed by atoms with Gasteiger partial charge in [0.1, 0.15) is 0 Å². The molecular weight excluding hydrogens is 130 g/mol. The lowest BCUT2D eigenvalue weighted by Crippen LogP contribution is -2.25. The molecule has 0 fully saturated rings. The molecule has 54 valence electrons. The van der Waals surface area contributed by atoms with Gasteiger partial charge in [0.2, 0.25) is 0 Å². The monoisotopic (exact) mass is 139 g/mol. The summed E-state index contributed by atoms with van der Waals surface area (Å²) in [6.07, 6.45) is 2.89. The Morgan fingerprint density at radius 3 is 2.60 bits per heavy atom. The highest BCUT2D eigenvalue weighted by atomic mass is 16.1. The summed E-state index contributed by atoms with van der Waals surface area (Å²) >= 11 is 0. The Morgan fingerprint density at radius 1 is 1.50 bits per heavy atom. The van der Waals surface area contributed by atoms with Crippen LogP contribution in [0, 0.1) is 0 Å². The highest BCUT2D eigenvalue weighted by molar-refractivity contribution is 4.68. The SMILES string of the molecule is CC(C)n1nccnc1=O. The van der Waals surface area contributed by atoms with E-state index in [9.17, 15) is 4.79 Å². The third-order valence-electron chi connectivity index (χ3n) is 1.13. The van der Waals surface area contributed by atoms with E-state index in [-0.39, 0.29) is 11.7 Å². The molecule has 0 unspecified atom stereocenters. The van der Waals surface area contributed by atoms with Crippen LogP contribution in [0.15, 0.2) is 17.2 Å². The summed E-state index contributed by atoms with van der Waals surface area (Å²) in [7, 11) is 0. The Hall–Kier alpha value is -1.19. The van der Waals surface area contributed by atoms with Crippen LogP contribution in [-0.4, -0.2) is 14.8 Å². The van der Waals surface area contributed by atoms with Crippen LogP contribution >= 0.6 is 0 Å². The summed E-state index contributed by atoms with van der Waals surface area (Å²) in [6, 6.07) is 0.0844. The first-order chi connectivity index (χ1) is 4.72. The lowest BCUT2D eigenvalue weighted by atomic mass is 10.4. The highest BCUT2D eigenvalue weighted by Crippen LogP contribution is 1.92. The van der Waals surface area contributed by atoms with Gasteiger partial charge in [-0.2, -0.15) is 10.1 Å². The zero-order chi connectivity index (χ0) is 7.56. The van der Waals surface area contributed by atoms with E-state index < -0.39 is 0 Å². The molecule has 4 heteroatoms. The Morgan fingerprint density at radius 2 is 2.20 bits per heavy atom. The van der Waals surface area contributed by atoms with E-state index in [1.807, 2.05) is 13.8 Å². The number of hydrogen-bond donors (Lipinski definition) is 0. The molecule has 0 radical (unpaired) electrons. The van der Waals surface area contributed by atoms with Crippen molar-refractivity contribution in [2.45, 2.75) is 19.9 Å². The van der Waals surface area contributed by atoms with Crippen molar-refractivity contribution >= 4 is 0 Å². The van der Waals surface area contributed by atoms with Crippen LogP contribution in [0.3, 0.4) is 0 Å². The minimum atomic E-state index is -0.294. The molecule has 0 amide bonds. The van der Waals surface area contributed by atoms with Crippen molar-refractivity contribution in [1.82, 2.24) is 14.8 Å². The fraction of sp³-hybridized carbons (Fsp3) is 0.500. The molecule has 1 aromatic heterocycles. The third-order valence-corrected chi connectivity index (χ3v) is 1.13. The molecule has 1 aromatic rings. The summed E-state index contributed by atoms with van der Waals surface area (Å²) < 4.78 is 1.33. The zero-order valence-electron chi connectivity index (χ0n) is 5.98. The zero-order valence-corrected chi connectivity index (χ0v) is 5.98. The number of nitrogens with zero attached hydrogens (tertiary/aromatic N) is 3. The van der Waals surface area contributed by atoms with E-state index in [1.54, 1.807) is 0 Å². The van der Waals surface area contributed by atoms with E-state index in [1.165, 1.54) is 17.1 Å². The molecule has 0 saturated heterocycles. The van der Waals surface area contributed by atoms with Crippen molar-refractivity contribution in [3.63, 3.8) is 0 Å². The third kappa shape index (κ3) is 1.21. The van der Waals surface area contributed by atoms with Gasteiger partial charge < -0.3 is 0 Å². The molecule has 0 aliphatic heterocycles. The molecule has 1 heterocycles. The Balaban J connectivity index is 3.16. The molecule has 0 aromatic carbocycles. The van der Waals surface area contributed by atoms with Crippen molar-refractivity contribution < 1.29 is 0 Å². The quantitative estimate of drug-likeness (QED) is 0.559. The van der Waals surface area contributed by atoms with Crippen LogP contribution in [0.1, 0.15) is 19.9 Å². The van der Waals surface area contributed by atoms with Gasteiger partial charge in [-0.3, -0.25) is 0 Å². The summed E-state index contributed by atoms with van der Waals surface area (Å²) in [5.41, 5.74) is -0.294. The molecule has 0 spiro atoms. The Labute approximate surface area is 58.5 Å². The summed E-state index contributed by atoms with van der Waals surface area (Å²) in [6.45, 7) is 3.77. The van der Waals surface area contributed by atoms with Crippen LogP contribution in [0.5, 0.6) is 0 Å². The van der Waals surface area contributed by atoms with Crippen molar-refractivity contribution in [2.75, 3.05) is 0 Å². The van der Waals surface area contributed by atoms with Gasteiger partial charge >= 0.3 is 5.69 Å². The van der Waals surface area contributed by atoms with Gasteiger partial charge in [0.15, 0.2) is 0 Å². The van der Waals surface area contributed by atoms with E-state index in [2.05, 4.69) is 10.1 Å². The molecule has 0 bridgehead atoms.